The van der Waals surface area contributed by atoms with Crippen molar-refractivity contribution >= 4 is 60.9 Å². The van der Waals surface area contributed by atoms with Crippen LogP contribution >= 0.6 is 0 Å². The molecule has 12 rings (SSSR count). The number of hydrogen-bond donors (Lipinski definition) is 0. The highest BCUT2D eigenvalue weighted by Gasteiger charge is 2.21. The molecule has 3 aromatic heterocycles. The molecule has 296 valence electrons. The molecule has 6 heteroatoms. The zero-order valence-electron chi connectivity index (χ0n) is 33.9. The molecule has 0 aliphatic heterocycles. The van der Waals surface area contributed by atoms with E-state index in [2.05, 4.69) is 163 Å². The van der Waals surface area contributed by atoms with Gasteiger partial charge in [-0.15, -0.1) is 0 Å². The average Bonchev–Trinajstić information content (AvgIpc) is 3.94. The first-order chi connectivity index (χ1) is 31.2. The molecule has 63 heavy (non-hydrogen) atoms. The van der Waals surface area contributed by atoms with Crippen molar-refractivity contribution in [3.8, 4) is 56.4 Å². The van der Waals surface area contributed by atoms with Crippen LogP contribution in [-0.2, 0) is 0 Å². The highest BCUT2D eigenvalue weighted by molar-refractivity contribution is 6.13. The number of benzene rings is 9. The number of aromatic nitrogens is 3. The van der Waals surface area contributed by atoms with E-state index in [9.17, 15) is 0 Å². The third-order valence-electron chi connectivity index (χ3n) is 11.7. The van der Waals surface area contributed by atoms with Gasteiger partial charge in [0.2, 0.25) is 0 Å². The first-order valence-electron chi connectivity index (χ1n) is 21.0. The van der Waals surface area contributed by atoms with Gasteiger partial charge in [0.25, 0.3) is 0 Å². The van der Waals surface area contributed by atoms with Gasteiger partial charge in [0, 0.05) is 49.7 Å². The average molecular weight is 809 g/mol. The first kappa shape index (κ1) is 36.3. The van der Waals surface area contributed by atoms with Gasteiger partial charge in [-0.05, 0) is 95.1 Å². The Morgan fingerprint density at radius 2 is 0.825 bits per heavy atom. The third-order valence-corrected chi connectivity index (χ3v) is 11.7. The summed E-state index contributed by atoms with van der Waals surface area (Å²) in [5, 5.41) is 3.98. The summed E-state index contributed by atoms with van der Waals surface area (Å²) in [7, 11) is 0. The fraction of sp³-hybridized carbons (Fsp3) is 0. The van der Waals surface area contributed by atoms with Crippen molar-refractivity contribution in [1.82, 2.24) is 15.0 Å². The number of nitrogens with zero attached hydrogens (tertiary/aromatic N) is 4. The number of anilines is 3. The molecule has 0 N–H and O–H groups in total. The van der Waals surface area contributed by atoms with Crippen LogP contribution < -0.4 is 4.90 Å². The largest absolute Gasteiger partial charge is 0.456 e. The number of fused-ring (bicyclic) bond motifs is 6. The maximum Gasteiger partial charge on any atom is 0.167 e. The lowest BCUT2D eigenvalue weighted by atomic mass is 10.0. The van der Waals surface area contributed by atoms with Crippen LogP contribution in [0.1, 0.15) is 0 Å². The molecule has 6 nitrogen and oxygen atoms in total. The molecule has 0 aliphatic carbocycles. The normalized spacial score (nSPS) is 11.5. The van der Waals surface area contributed by atoms with E-state index < -0.39 is 0 Å². The van der Waals surface area contributed by atoms with Gasteiger partial charge in [-0.2, -0.15) is 0 Å². The van der Waals surface area contributed by atoms with E-state index in [1.165, 1.54) is 0 Å². The highest BCUT2D eigenvalue weighted by Crippen LogP contribution is 2.41. The Morgan fingerprint density at radius 1 is 0.302 bits per heavy atom. The van der Waals surface area contributed by atoms with E-state index in [1.807, 2.05) is 60.7 Å². The van der Waals surface area contributed by atoms with Gasteiger partial charge < -0.3 is 13.7 Å². The number of rotatable bonds is 8. The topological polar surface area (TPSA) is 68.2 Å². The molecule has 0 saturated heterocycles. The minimum absolute atomic E-state index is 0.526. The Balaban J connectivity index is 0.980. The maximum atomic E-state index is 6.65. The Kier molecular flexibility index (Phi) is 8.71. The molecular weight excluding hydrogens is 773 g/mol. The molecule has 0 fully saturated rings. The Morgan fingerprint density at radius 3 is 1.60 bits per heavy atom. The van der Waals surface area contributed by atoms with Crippen molar-refractivity contribution in [2.24, 2.45) is 0 Å². The molecular formula is C57H36N4O2. The molecule has 12 aromatic rings. The van der Waals surface area contributed by atoms with Crippen molar-refractivity contribution in [2.45, 2.75) is 0 Å². The molecule has 9 aromatic carbocycles. The summed E-state index contributed by atoms with van der Waals surface area (Å²) in [6.45, 7) is 0. The summed E-state index contributed by atoms with van der Waals surface area (Å²) in [4.78, 5) is 17.9. The van der Waals surface area contributed by atoms with Crippen molar-refractivity contribution < 1.29 is 8.83 Å². The lowest BCUT2D eigenvalue weighted by Crippen LogP contribution is -2.09. The SMILES string of the molecule is c1ccc(-c2cccc(-c3nc(-c4cccc5c4oc4ccccc45)nc(-c4cccc5oc6cc(-c7ccc(N(c8ccccc8)c8ccccc8)cc7)ccc6c45)n3)c2)cc1. The molecule has 3 heterocycles. The lowest BCUT2D eigenvalue weighted by Gasteiger charge is -2.25. The zero-order chi connectivity index (χ0) is 41.7. The minimum atomic E-state index is 0.526. The smallest absolute Gasteiger partial charge is 0.167 e. The monoisotopic (exact) mass is 808 g/mol. The van der Waals surface area contributed by atoms with E-state index in [0.717, 1.165) is 99.9 Å². The van der Waals surface area contributed by atoms with Gasteiger partial charge in [0.15, 0.2) is 17.5 Å². The van der Waals surface area contributed by atoms with Gasteiger partial charge >= 0.3 is 0 Å². The first-order valence-corrected chi connectivity index (χ1v) is 21.0. The van der Waals surface area contributed by atoms with Crippen LogP contribution in [0.15, 0.2) is 227 Å². The second-order valence-corrected chi connectivity index (χ2v) is 15.6. The van der Waals surface area contributed by atoms with Gasteiger partial charge in [-0.3, -0.25) is 0 Å². The fourth-order valence-electron chi connectivity index (χ4n) is 8.73. The number of furan rings is 2. The molecule has 0 amide bonds. The summed E-state index contributed by atoms with van der Waals surface area (Å²) in [6, 6.07) is 75.1. The molecule has 0 atom stereocenters. The van der Waals surface area contributed by atoms with Crippen LogP contribution in [0.5, 0.6) is 0 Å². The van der Waals surface area contributed by atoms with Gasteiger partial charge in [0.1, 0.15) is 22.3 Å². The second-order valence-electron chi connectivity index (χ2n) is 15.6. The third kappa shape index (κ3) is 6.49. The van der Waals surface area contributed by atoms with Gasteiger partial charge in [0.05, 0.1) is 5.56 Å². The molecule has 0 saturated carbocycles. The predicted octanol–water partition coefficient (Wildman–Crippen LogP) is 15.5. The summed E-state index contributed by atoms with van der Waals surface area (Å²) in [5.74, 6) is 1.63. The molecule has 0 unspecified atom stereocenters. The van der Waals surface area contributed by atoms with Crippen molar-refractivity contribution in [3.63, 3.8) is 0 Å². The Bertz CT molecular complexity index is 3580. The van der Waals surface area contributed by atoms with Crippen LogP contribution in [0.4, 0.5) is 17.1 Å². The summed E-state index contributed by atoms with van der Waals surface area (Å²) in [5.41, 5.74) is 13.2. The molecule has 0 bridgehead atoms. The van der Waals surface area contributed by atoms with E-state index >= 15 is 0 Å². The summed E-state index contributed by atoms with van der Waals surface area (Å²) < 4.78 is 13.2. The highest BCUT2D eigenvalue weighted by atomic mass is 16.3. The van der Waals surface area contributed by atoms with E-state index in [-0.39, 0.29) is 0 Å². The van der Waals surface area contributed by atoms with Crippen molar-refractivity contribution in [3.05, 3.63) is 218 Å². The van der Waals surface area contributed by atoms with Crippen LogP contribution in [-0.4, -0.2) is 15.0 Å². The van der Waals surface area contributed by atoms with E-state index in [1.54, 1.807) is 0 Å². The predicted molar refractivity (Wildman–Crippen MR) is 256 cm³/mol. The molecule has 0 aliphatic rings. The maximum absolute atomic E-state index is 6.65. The minimum Gasteiger partial charge on any atom is -0.456 e. The number of para-hydroxylation sites is 4. The van der Waals surface area contributed by atoms with E-state index in [4.69, 9.17) is 23.8 Å². The number of hydrogen-bond acceptors (Lipinski definition) is 6. The van der Waals surface area contributed by atoms with Crippen LogP contribution in [0.2, 0.25) is 0 Å². The second kappa shape index (κ2) is 15.1. The lowest BCUT2D eigenvalue weighted by molar-refractivity contribution is 0.668. The van der Waals surface area contributed by atoms with E-state index in [0.29, 0.717) is 17.5 Å². The summed E-state index contributed by atoms with van der Waals surface area (Å²) in [6.07, 6.45) is 0. The standard InChI is InChI=1S/C57H36N4O2/c1-4-15-37(16-5-1)39-17-12-18-41(35-39)55-58-56(60-57(59-55)49-26-13-24-46-45-23-10-11-27-50(45)63-54(46)49)48-25-14-28-51-53(48)47-34-31-40(36-52(47)62-51)38-29-32-44(33-30-38)61(42-19-6-2-7-20-42)43-21-8-3-9-22-43/h1-36H. The van der Waals surface area contributed by atoms with Gasteiger partial charge in [-0.1, -0.05) is 146 Å². The quantitative estimate of drug-likeness (QED) is 0.152. The molecule has 0 spiro atoms. The zero-order valence-corrected chi connectivity index (χ0v) is 33.9. The van der Waals surface area contributed by atoms with Crippen LogP contribution in [0.3, 0.4) is 0 Å². The fourth-order valence-corrected chi connectivity index (χ4v) is 8.73. The summed E-state index contributed by atoms with van der Waals surface area (Å²) >= 11 is 0. The van der Waals surface area contributed by atoms with Crippen molar-refractivity contribution in [1.29, 1.82) is 0 Å². The van der Waals surface area contributed by atoms with Gasteiger partial charge in [-0.25, -0.2) is 15.0 Å². The van der Waals surface area contributed by atoms with Crippen LogP contribution in [0, 0.1) is 0 Å². The molecule has 0 radical (unpaired) electrons. The Labute approximate surface area is 363 Å². The Hall–Kier alpha value is -8.61. The van der Waals surface area contributed by atoms with Crippen molar-refractivity contribution in [2.75, 3.05) is 4.90 Å². The van der Waals surface area contributed by atoms with Crippen LogP contribution in [0.25, 0.3) is 100 Å².